The molecule has 0 aromatic carbocycles. The van der Waals surface area contributed by atoms with Crippen molar-refractivity contribution in [2.75, 3.05) is 6.61 Å². The topological polar surface area (TPSA) is 70.2 Å². The molecule has 0 N–H and O–H groups in total. The summed E-state index contributed by atoms with van der Waals surface area (Å²) < 4.78 is 12.3. The van der Waals surface area contributed by atoms with Crippen molar-refractivity contribution in [3.05, 3.63) is 34.8 Å². The Bertz CT molecular complexity index is 628. The Labute approximate surface area is 117 Å². The third kappa shape index (κ3) is 2.45. The lowest BCUT2D eigenvalue weighted by Gasteiger charge is -2.16. The molecule has 0 saturated heterocycles. The van der Waals surface area contributed by atoms with E-state index in [1.165, 1.54) is 0 Å². The van der Waals surface area contributed by atoms with E-state index in [9.17, 15) is 4.79 Å². The van der Waals surface area contributed by atoms with E-state index in [4.69, 9.17) is 9.15 Å². The van der Waals surface area contributed by atoms with Crippen LogP contribution >= 0.6 is 0 Å². The monoisotopic (exact) mass is 277 g/mol. The van der Waals surface area contributed by atoms with Gasteiger partial charge in [-0.1, -0.05) is 0 Å². The summed E-state index contributed by atoms with van der Waals surface area (Å²) in [5.41, 5.74) is 1.01. The molecule has 0 spiro atoms. The number of nitrogens with zero attached hydrogens (tertiary/aromatic N) is 3. The summed E-state index contributed by atoms with van der Waals surface area (Å²) in [5.74, 6) is 2.09. The van der Waals surface area contributed by atoms with E-state index in [0.29, 0.717) is 12.4 Å². The van der Waals surface area contributed by atoms with Crippen LogP contribution in [0.3, 0.4) is 0 Å². The number of aryl methyl sites for hydroxylation is 3. The van der Waals surface area contributed by atoms with E-state index >= 15 is 0 Å². The minimum Gasteiger partial charge on any atom is -0.466 e. The number of carbonyl (C=O) groups is 1. The van der Waals surface area contributed by atoms with Crippen molar-refractivity contribution in [3.63, 3.8) is 0 Å². The molecule has 2 aromatic heterocycles. The van der Waals surface area contributed by atoms with Crippen LogP contribution < -0.4 is 0 Å². The van der Waals surface area contributed by atoms with Crippen molar-refractivity contribution >= 4 is 5.97 Å². The summed E-state index contributed by atoms with van der Waals surface area (Å²) in [7, 11) is 0. The second-order valence-corrected chi connectivity index (χ2v) is 4.71. The molecular weight excluding hydrogens is 258 g/mol. The van der Waals surface area contributed by atoms with Crippen LogP contribution in [-0.2, 0) is 4.74 Å². The molecule has 6 heteroatoms. The van der Waals surface area contributed by atoms with Gasteiger partial charge in [-0.15, -0.1) is 10.2 Å². The molecule has 0 saturated carbocycles. The Morgan fingerprint density at radius 3 is 2.65 bits per heavy atom. The van der Waals surface area contributed by atoms with Gasteiger partial charge in [0.25, 0.3) is 0 Å². The highest BCUT2D eigenvalue weighted by Crippen LogP contribution is 2.26. The fourth-order valence-corrected chi connectivity index (χ4v) is 2.37. The standard InChI is InChI=1S/C14H19N3O3/c1-6-19-14(18)13-16-15-11(5)17(13)9(3)12-7-8(2)20-10(12)4/h7,9H,6H2,1-5H3. The van der Waals surface area contributed by atoms with E-state index in [0.717, 1.165) is 17.1 Å². The van der Waals surface area contributed by atoms with Gasteiger partial charge in [-0.2, -0.15) is 0 Å². The predicted molar refractivity (Wildman–Crippen MR) is 72.7 cm³/mol. The average molecular weight is 277 g/mol. The number of carbonyl (C=O) groups excluding carboxylic acids is 1. The number of furan rings is 1. The van der Waals surface area contributed by atoms with Crippen LogP contribution in [0.15, 0.2) is 10.5 Å². The van der Waals surface area contributed by atoms with Crippen molar-refractivity contribution in [1.29, 1.82) is 0 Å². The Balaban J connectivity index is 2.44. The van der Waals surface area contributed by atoms with Crippen LogP contribution in [0.4, 0.5) is 0 Å². The maximum atomic E-state index is 11.9. The molecule has 1 unspecified atom stereocenters. The van der Waals surface area contributed by atoms with Crippen LogP contribution in [0.25, 0.3) is 0 Å². The molecule has 108 valence electrons. The second-order valence-electron chi connectivity index (χ2n) is 4.71. The number of ether oxygens (including phenoxy) is 1. The lowest BCUT2D eigenvalue weighted by Crippen LogP contribution is -2.18. The van der Waals surface area contributed by atoms with Gasteiger partial charge in [0.15, 0.2) is 0 Å². The van der Waals surface area contributed by atoms with Crippen molar-refractivity contribution in [3.8, 4) is 0 Å². The minimum absolute atomic E-state index is 0.0955. The summed E-state index contributed by atoms with van der Waals surface area (Å²) in [6.07, 6.45) is 0. The summed E-state index contributed by atoms with van der Waals surface area (Å²) in [6, 6.07) is 1.87. The highest BCUT2D eigenvalue weighted by atomic mass is 16.5. The zero-order chi connectivity index (χ0) is 14.9. The first-order valence-electron chi connectivity index (χ1n) is 6.61. The fraction of sp³-hybridized carbons (Fsp3) is 0.500. The molecule has 0 aliphatic heterocycles. The van der Waals surface area contributed by atoms with Crippen LogP contribution in [0.5, 0.6) is 0 Å². The molecule has 2 heterocycles. The first-order valence-corrected chi connectivity index (χ1v) is 6.61. The summed E-state index contributed by atoms with van der Waals surface area (Å²) in [6.45, 7) is 9.67. The van der Waals surface area contributed by atoms with E-state index < -0.39 is 5.97 Å². The van der Waals surface area contributed by atoms with E-state index in [1.54, 1.807) is 11.5 Å². The fourth-order valence-electron chi connectivity index (χ4n) is 2.37. The number of aromatic nitrogens is 3. The molecule has 0 aliphatic carbocycles. The average Bonchev–Trinajstić information content (AvgIpc) is 2.92. The summed E-state index contributed by atoms with van der Waals surface area (Å²) >= 11 is 0. The largest absolute Gasteiger partial charge is 0.466 e. The van der Waals surface area contributed by atoms with E-state index in [1.807, 2.05) is 33.8 Å². The van der Waals surface area contributed by atoms with Crippen LogP contribution in [-0.4, -0.2) is 27.3 Å². The van der Waals surface area contributed by atoms with Crippen molar-refractivity contribution < 1.29 is 13.9 Å². The normalized spacial score (nSPS) is 12.4. The Kier molecular flexibility index (Phi) is 3.92. The molecule has 6 nitrogen and oxygen atoms in total. The maximum absolute atomic E-state index is 11.9. The maximum Gasteiger partial charge on any atom is 0.376 e. The minimum atomic E-state index is -0.460. The number of rotatable bonds is 4. The van der Waals surface area contributed by atoms with Gasteiger partial charge < -0.3 is 9.15 Å². The van der Waals surface area contributed by atoms with Gasteiger partial charge in [0.2, 0.25) is 5.82 Å². The van der Waals surface area contributed by atoms with Gasteiger partial charge in [-0.3, -0.25) is 4.57 Å². The quantitative estimate of drug-likeness (QED) is 0.803. The highest BCUT2D eigenvalue weighted by Gasteiger charge is 2.24. The molecule has 0 aliphatic rings. The number of hydrogen-bond donors (Lipinski definition) is 0. The summed E-state index contributed by atoms with van der Waals surface area (Å²) in [4.78, 5) is 11.9. The third-order valence-corrected chi connectivity index (χ3v) is 3.24. The molecule has 0 fully saturated rings. The Hall–Kier alpha value is -2.11. The van der Waals surface area contributed by atoms with Gasteiger partial charge in [0.05, 0.1) is 12.6 Å². The van der Waals surface area contributed by atoms with Crippen LogP contribution in [0, 0.1) is 20.8 Å². The van der Waals surface area contributed by atoms with E-state index in [-0.39, 0.29) is 11.9 Å². The third-order valence-electron chi connectivity index (χ3n) is 3.24. The van der Waals surface area contributed by atoms with Gasteiger partial charge in [0.1, 0.15) is 17.3 Å². The van der Waals surface area contributed by atoms with Crippen LogP contribution in [0.2, 0.25) is 0 Å². The van der Waals surface area contributed by atoms with Crippen molar-refractivity contribution in [1.82, 2.24) is 14.8 Å². The predicted octanol–water partition coefficient (Wildman–Crippen LogP) is 2.58. The molecule has 0 bridgehead atoms. The zero-order valence-corrected chi connectivity index (χ0v) is 12.4. The molecule has 0 amide bonds. The lowest BCUT2D eigenvalue weighted by molar-refractivity contribution is 0.0504. The van der Waals surface area contributed by atoms with Crippen molar-refractivity contribution in [2.24, 2.45) is 0 Å². The molecule has 0 radical (unpaired) electrons. The highest BCUT2D eigenvalue weighted by molar-refractivity contribution is 5.85. The Morgan fingerprint density at radius 2 is 2.10 bits per heavy atom. The van der Waals surface area contributed by atoms with Gasteiger partial charge in [0, 0.05) is 5.56 Å². The Morgan fingerprint density at radius 1 is 1.40 bits per heavy atom. The molecule has 20 heavy (non-hydrogen) atoms. The first kappa shape index (κ1) is 14.3. The lowest BCUT2D eigenvalue weighted by atomic mass is 10.1. The van der Waals surface area contributed by atoms with Gasteiger partial charge >= 0.3 is 5.97 Å². The molecule has 2 rings (SSSR count). The molecule has 1 atom stereocenters. The zero-order valence-electron chi connectivity index (χ0n) is 12.4. The number of esters is 1. The van der Waals surface area contributed by atoms with Gasteiger partial charge in [-0.25, -0.2) is 4.79 Å². The molecule has 2 aromatic rings. The van der Waals surface area contributed by atoms with E-state index in [2.05, 4.69) is 10.2 Å². The first-order chi connectivity index (χ1) is 9.45. The van der Waals surface area contributed by atoms with Gasteiger partial charge in [-0.05, 0) is 40.7 Å². The number of hydrogen-bond acceptors (Lipinski definition) is 5. The van der Waals surface area contributed by atoms with Crippen LogP contribution in [0.1, 0.15) is 53.4 Å². The second kappa shape index (κ2) is 5.48. The van der Waals surface area contributed by atoms with Crippen molar-refractivity contribution in [2.45, 2.75) is 40.7 Å². The smallest absolute Gasteiger partial charge is 0.376 e. The SMILES string of the molecule is CCOC(=O)c1nnc(C)n1C(C)c1cc(C)oc1C. The summed E-state index contributed by atoms with van der Waals surface area (Å²) in [5, 5.41) is 7.91. The molecular formula is C14H19N3O3.